The van der Waals surface area contributed by atoms with Crippen molar-refractivity contribution in [1.29, 1.82) is 4.78 Å². The van der Waals surface area contributed by atoms with Gasteiger partial charge in [-0.2, -0.15) is 4.21 Å². The fraction of sp³-hybridized carbons (Fsp3) is 0. The highest BCUT2D eigenvalue weighted by atomic mass is 32.1. The predicted molar refractivity (Wildman–Crippen MR) is 15.9 cm³/mol. The molecule has 0 bridgehead atoms. The van der Waals surface area contributed by atoms with E-state index in [1.54, 1.807) is 0 Å². The molecule has 0 atom stereocenters. The molecule has 0 heterocycles. The summed E-state index contributed by atoms with van der Waals surface area (Å²) in [5.74, 6) is 0. The predicted octanol–water partition coefficient (Wildman–Crippen LogP) is 0.124. The second-order valence-electron chi connectivity index (χ2n) is 0.0833. The molecule has 4 heavy (non-hydrogen) atoms. The highest BCUT2D eigenvalue weighted by Crippen LogP contribution is 0.958. The third kappa shape index (κ3) is 22.4. The molecule has 0 aliphatic carbocycles. The second-order valence-corrected chi connectivity index (χ2v) is 0.250. The maximum Gasteiger partial charge on any atom is 0.196 e. The summed E-state index contributed by atoms with van der Waals surface area (Å²) in [5.41, 5.74) is 0. The molecule has 0 aliphatic heterocycles. The lowest BCUT2D eigenvalue weighted by molar-refractivity contribution is 0.697. The zero-order valence-corrected chi connectivity index (χ0v) is 2.84. The smallest absolute Gasteiger partial charge is 0.196 e. The first-order chi connectivity index (χ1) is 1.41. The highest BCUT2D eigenvalue weighted by Gasteiger charge is 1.02. The molecule has 0 saturated carbocycles. The Morgan fingerprint density at radius 1 is 1.75 bits per heavy atom. The van der Waals surface area contributed by atoms with Gasteiger partial charge in [0.2, 0.25) is 0 Å². The Morgan fingerprint density at radius 3 is 1.75 bits per heavy atom. The minimum atomic E-state index is -0.250. The van der Waals surface area contributed by atoms with Gasteiger partial charge in [-0.3, -0.25) is 0 Å². The molecule has 26 valence electrons. The van der Waals surface area contributed by atoms with E-state index >= 15 is 0 Å². The van der Waals surface area contributed by atoms with Gasteiger partial charge in [-0.15, -0.1) is 0 Å². The summed E-state index contributed by atoms with van der Waals surface area (Å²) < 4.78 is 14.1. The number of rotatable bonds is 0. The van der Waals surface area contributed by atoms with E-state index in [0.717, 1.165) is 0 Å². The van der Waals surface area contributed by atoms with Crippen molar-refractivity contribution in [1.82, 2.24) is 6.15 Å². The van der Waals surface area contributed by atoms with Crippen LogP contribution < -0.4 is 6.15 Å². The van der Waals surface area contributed by atoms with Crippen LogP contribution in [0.1, 0.15) is 0 Å². The van der Waals surface area contributed by atoms with E-state index in [1.807, 2.05) is 0 Å². The molecule has 0 amide bonds. The van der Waals surface area contributed by atoms with Crippen molar-refractivity contribution in [3.63, 3.8) is 0 Å². The van der Waals surface area contributed by atoms with Crippen LogP contribution in [0.15, 0.2) is 0 Å². The van der Waals surface area contributed by atoms with Gasteiger partial charge in [-0.05, 0) is 0 Å². The molecule has 0 rings (SSSR count). The average Bonchev–Trinajstić information content (AvgIpc) is 0.918. The fourth-order valence-electron chi connectivity index (χ4n) is 0. The topological polar surface area (TPSA) is 75.9 Å². The first-order valence-electron chi connectivity index (χ1n) is 0.371. The summed E-state index contributed by atoms with van der Waals surface area (Å²) in [6, 6.07) is 0. The normalized spacial score (nSPS) is 3.00. The first-order valence-corrected chi connectivity index (χ1v) is 1.11. The van der Waals surface area contributed by atoms with E-state index in [1.165, 1.54) is 0 Å². The van der Waals surface area contributed by atoms with Crippen molar-refractivity contribution >= 4 is 11.5 Å². The molecule has 3 nitrogen and oxygen atoms in total. The van der Waals surface area contributed by atoms with Gasteiger partial charge in [0.05, 0.1) is 0 Å². The van der Waals surface area contributed by atoms with E-state index in [0.29, 0.717) is 0 Å². The molecule has 4 heteroatoms. The standard InChI is InChI=1S/HNOS.H3N/c1-3-2;/h1H;1H3. The highest BCUT2D eigenvalue weighted by molar-refractivity contribution is 7.53. The molecule has 0 radical (unpaired) electrons. The minimum Gasteiger partial charge on any atom is -0.344 e. The van der Waals surface area contributed by atoms with Crippen LogP contribution in [0.3, 0.4) is 0 Å². The van der Waals surface area contributed by atoms with Crippen LogP contribution in [0.25, 0.3) is 0 Å². The Hall–Kier alpha value is -0.220. The second kappa shape index (κ2) is 14.5. The zero-order valence-electron chi connectivity index (χ0n) is 2.02. The molecule has 0 spiro atoms. The van der Waals surface area contributed by atoms with Gasteiger partial charge in [-0.1, -0.05) is 0 Å². The van der Waals surface area contributed by atoms with E-state index in [2.05, 4.69) is 0 Å². The van der Waals surface area contributed by atoms with Gasteiger partial charge < -0.3 is 6.15 Å². The van der Waals surface area contributed by atoms with Crippen LogP contribution in [0.4, 0.5) is 0 Å². The lowest BCUT2D eigenvalue weighted by Crippen LogP contribution is -1.09. The van der Waals surface area contributed by atoms with Crippen molar-refractivity contribution in [2.45, 2.75) is 0 Å². The number of hydrogen-bond donors (Lipinski definition) is 2. The van der Waals surface area contributed by atoms with Gasteiger partial charge in [0.15, 0.2) is 11.5 Å². The summed E-state index contributed by atoms with van der Waals surface area (Å²) in [6.45, 7) is 0. The lowest BCUT2D eigenvalue weighted by Gasteiger charge is -1.02. The summed E-state index contributed by atoms with van der Waals surface area (Å²) in [4.78, 5) is 0. The monoisotopic (exact) mass is 80.0 g/mol. The van der Waals surface area contributed by atoms with Crippen LogP contribution >= 0.6 is 0 Å². The molecule has 0 aromatic heterocycles. The molecule has 0 fully saturated rings. The summed E-state index contributed by atoms with van der Waals surface area (Å²) in [7, 11) is 0. The van der Waals surface area contributed by atoms with Gasteiger partial charge in [0.1, 0.15) is 0 Å². The van der Waals surface area contributed by atoms with Gasteiger partial charge in [0, 0.05) is 0 Å². The quantitative estimate of drug-likeness (QED) is 0.433. The average molecular weight is 80.1 g/mol. The molecular weight excluding hydrogens is 76.1 g/mol. The van der Waals surface area contributed by atoms with Gasteiger partial charge >= 0.3 is 0 Å². The molecular formula is H4N2OS. The SMILES string of the molecule is N.N=S=O. The summed E-state index contributed by atoms with van der Waals surface area (Å²) >= 11 is -0.250. The maximum absolute atomic E-state index is 8.51. The van der Waals surface area contributed by atoms with Crippen LogP contribution in [0.5, 0.6) is 0 Å². The molecule has 0 unspecified atom stereocenters. The third-order valence-electron chi connectivity index (χ3n) is 0. The van der Waals surface area contributed by atoms with Crippen molar-refractivity contribution in [3.8, 4) is 0 Å². The van der Waals surface area contributed by atoms with E-state index < -0.39 is 0 Å². The van der Waals surface area contributed by atoms with Crippen molar-refractivity contribution in [3.05, 3.63) is 0 Å². The third-order valence-corrected chi connectivity index (χ3v) is 0. The van der Waals surface area contributed by atoms with Crippen LogP contribution in [0.2, 0.25) is 0 Å². The Morgan fingerprint density at radius 2 is 1.75 bits per heavy atom. The largest absolute Gasteiger partial charge is 0.344 e. The molecule has 0 saturated heterocycles. The fourth-order valence-corrected chi connectivity index (χ4v) is 0. The van der Waals surface area contributed by atoms with Crippen LogP contribution in [0, 0.1) is 4.78 Å². The Balaban J connectivity index is 0. The lowest BCUT2D eigenvalue weighted by atomic mass is 14.0. The van der Waals surface area contributed by atoms with Crippen LogP contribution in [-0.4, -0.2) is 4.21 Å². The molecule has 4 N–H and O–H groups in total. The van der Waals surface area contributed by atoms with E-state index in [9.17, 15) is 0 Å². The maximum atomic E-state index is 8.51. The van der Waals surface area contributed by atoms with Crippen molar-refractivity contribution < 1.29 is 4.21 Å². The molecule has 0 aromatic rings. The Kier molecular flexibility index (Phi) is 33.4. The van der Waals surface area contributed by atoms with Gasteiger partial charge in [0.25, 0.3) is 0 Å². The van der Waals surface area contributed by atoms with Crippen LogP contribution in [-0.2, 0) is 11.5 Å². The molecule has 0 aliphatic rings. The minimum absolute atomic E-state index is 0. The van der Waals surface area contributed by atoms with Gasteiger partial charge in [-0.25, -0.2) is 4.78 Å². The zero-order chi connectivity index (χ0) is 2.71. The summed E-state index contributed by atoms with van der Waals surface area (Å²) in [6.07, 6.45) is 0. The number of hydrogen-bond acceptors (Lipinski definition) is 3. The van der Waals surface area contributed by atoms with Crippen molar-refractivity contribution in [2.24, 2.45) is 0 Å². The van der Waals surface area contributed by atoms with Crippen molar-refractivity contribution in [2.75, 3.05) is 0 Å². The first kappa shape index (κ1) is 9.22. The van der Waals surface area contributed by atoms with E-state index in [4.69, 9.17) is 8.99 Å². The molecule has 0 aromatic carbocycles. The Labute approximate surface area is 27.6 Å². The summed E-state index contributed by atoms with van der Waals surface area (Å²) in [5, 5.41) is 0. The Bertz CT molecular complexity index is 27.0. The number of nitrogens with one attached hydrogen (secondary N) is 1. The van der Waals surface area contributed by atoms with E-state index in [-0.39, 0.29) is 17.6 Å².